The fourth-order valence-electron chi connectivity index (χ4n) is 2.74. The van der Waals surface area contributed by atoms with Crippen LogP contribution >= 0.6 is 0 Å². The van der Waals surface area contributed by atoms with E-state index in [0.29, 0.717) is 6.61 Å². The van der Waals surface area contributed by atoms with Crippen LogP contribution in [0.15, 0.2) is 54.6 Å². The summed E-state index contributed by atoms with van der Waals surface area (Å²) in [6, 6.07) is 18.7. The Hall–Kier alpha value is -2.55. The van der Waals surface area contributed by atoms with Crippen LogP contribution in [0.2, 0.25) is 0 Å². The van der Waals surface area contributed by atoms with Crippen LogP contribution in [0.4, 0.5) is 0 Å². The number of rotatable bonds is 5. The Balaban J connectivity index is 2.17. The average molecular weight is 306 g/mol. The molecule has 2 aromatic carbocycles. The molecular weight excluding hydrogens is 284 g/mol. The zero-order valence-corrected chi connectivity index (χ0v) is 13.9. The molecule has 23 heavy (non-hydrogen) atoms. The van der Waals surface area contributed by atoms with E-state index in [4.69, 9.17) is 9.84 Å². The largest absolute Gasteiger partial charge is 0.489 e. The second-order valence-corrected chi connectivity index (χ2v) is 5.73. The van der Waals surface area contributed by atoms with Gasteiger partial charge in [-0.3, -0.25) is 4.68 Å². The Kier molecular flexibility index (Phi) is 4.47. The molecule has 0 fully saturated rings. The lowest BCUT2D eigenvalue weighted by atomic mass is 10.1. The summed E-state index contributed by atoms with van der Waals surface area (Å²) in [5.74, 6) is 0.867. The smallest absolute Gasteiger partial charge is 0.173 e. The summed E-state index contributed by atoms with van der Waals surface area (Å²) in [6.07, 6.45) is 0.969. The Morgan fingerprint density at radius 2 is 1.74 bits per heavy atom. The van der Waals surface area contributed by atoms with Crippen LogP contribution in [-0.4, -0.2) is 16.4 Å². The summed E-state index contributed by atoms with van der Waals surface area (Å²) in [5, 5.41) is 4.73. The van der Waals surface area contributed by atoms with Crippen molar-refractivity contribution in [3.05, 3.63) is 60.2 Å². The molecule has 1 heterocycles. The standard InChI is InChI=1S/C20H22N2O/c1-4-13-23-20-18(16-10-6-5-7-11-16)21-22(3)19(20)17-12-8-9-15(2)14-17/h5-12,14H,4,13H2,1-3H3. The van der Waals surface area contributed by atoms with Gasteiger partial charge >= 0.3 is 0 Å². The first-order valence-electron chi connectivity index (χ1n) is 8.03. The van der Waals surface area contributed by atoms with Gasteiger partial charge in [0.2, 0.25) is 0 Å². The fraction of sp³-hybridized carbons (Fsp3) is 0.250. The van der Waals surface area contributed by atoms with Crippen LogP contribution in [0.5, 0.6) is 5.75 Å². The number of ether oxygens (including phenoxy) is 1. The van der Waals surface area contributed by atoms with Crippen LogP contribution in [0.3, 0.4) is 0 Å². The lowest BCUT2D eigenvalue weighted by Crippen LogP contribution is -1.99. The molecule has 0 amide bonds. The molecule has 3 aromatic rings. The van der Waals surface area contributed by atoms with Gasteiger partial charge in [0.15, 0.2) is 5.75 Å². The molecule has 0 atom stereocenters. The van der Waals surface area contributed by atoms with Crippen molar-refractivity contribution in [3.8, 4) is 28.3 Å². The molecule has 0 aliphatic heterocycles. The number of hydrogen-bond donors (Lipinski definition) is 0. The zero-order valence-electron chi connectivity index (χ0n) is 13.9. The molecule has 0 unspecified atom stereocenters. The maximum Gasteiger partial charge on any atom is 0.173 e. The first-order valence-corrected chi connectivity index (χ1v) is 8.03. The second-order valence-electron chi connectivity index (χ2n) is 5.73. The average Bonchev–Trinajstić information content (AvgIpc) is 2.90. The summed E-state index contributed by atoms with van der Waals surface area (Å²) in [6.45, 7) is 4.90. The highest BCUT2D eigenvalue weighted by atomic mass is 16.5. The van der Waals surface area contributed by atoms with Gasteiger partial charge in [-0.25, -0.2) is 0 Å². The number of hydrogen-bond acceptors (Lipinski definition) is 2. The Morgan fingerprint density at radius 1 is 1.00 bits per heavy atom. The van der Waals surface area contributed by atoms with Gasteiger partial charge in [0.25, 0.3) is 0 Å². The van der Waals surface area contributed by atoms with E-state index >= 15 is 0 Å². The van der Waals surface area contributed by atoms with E-state index in [1.165, 1.54) is 5.56 Å². The molecule has 0 saturated carbocycles. The van der Waals surface area contributed by atoms with E-state index in [0.717, 1.165) is 34.7 Å². The highest BCUT2D eigenvalue weighted by molar-refractivity contribution is 5.78. The molecule has 3 nitrogen and oxygen atoms in total. The van der Waals surface area contributed by atoms with Gasteiger partial charge in [-0.2, -0.15) is 5.10 Å². The normalized spacial score (nSPS) is 10.7. The molecule has 0 spiro atoms. The van der Waals surface area contributed by atoms with Gasteiger partial charge in [-0.15, -0.1) is 0 Å². The van der Waals surface area contributed by atoms with E-state index in [1.54, 1.807) is 0 Å². The van der Waals surface area contributed by atoms with Crippen molar-refractivity contribution in [2.45, 2.75) is 20.3 Å². The SMILES string of the molecule is CCCOc1c(-c2ccccc2)nn(C)c1-c1cccc(C)c1. The highest BCUT2D eigenvalue weighted by Crippen LogP contribution is 2.38. The minimum Gasteiger partial charge on any atom is -0.489 e. The summed E-state index contributed by atoms with van der Waals surface area (Å²) in [5.41, 5.74) is 5.37. The van der Waals surface area contributed by atoms with Gasteiger partial charge in [0.1, 0.15) is 11.4 Å². The maximum absolute atomic E-state index is 6.10. The summed E-state index contributed by atoms with van der Waals surface area (Å²) in [4.78, 5) is 0. The summed E-state index contributed by atoms with van der Waals surface area (Å²) >= 11 is 0. The van der Waals surface area contributed by atoms with Crippen LogP contribution in [0, 0.1) is 6.92 Å². The monoisotopic (exact) mass is 306 g/mol. The van der Waals surface area contributed by atoms with E-state index in [2.05, 4.69) is 50.2 Å². The van der Waals surface area contributed by atoms with E-state index < -0.39 is 0 Å². The van der Waals surface area contributed by atoms with E-state index in [1.807, 2.05) is 29.9 Å². The van der Waals surface area contributed by atoms with Gasteiger partial charge in [0, 0.05) is 18.2 Å². The number of aromatic nitrogens is 2. The first-order chi connectivity index (χ1) is 11.2. The lowest BCUT2D eigenvalue weighted by molar-refractivity contribution is 0.320. The van der Waals surface area contributed by atoms with Crippen molar-refractivity contribution in [2.75, 3.05) is 6.61 Å². The first kappa shape index (κ1) is 15.3. The molecule has 3 heteroatoms. The molecule has 118 valence electrons. The number of aryl methyl sites for hydroxylation is 2. The van der Waals surface area contributed by atoms with Gasteiger partial charge in [-0.05, 0) is 19.4 Å². The Labute approximate surface area is 137 Å². The molecule has 3 rings (SSSR count). The molecule has 1 aromatic heterocycles. The van der Waals surface area contributed by atoms with Gasteiger partial charge in [0.05, 0.1) is 6.61 Å². The lowest BCUT2D eigenvalue weighted by Gasteiger charge is -2.10. The van der Waals surface area contributed by atoms with Crippen LogP contribution < -0.4 is 4.74 Å². The predicted molar refractivity (Wildman–Crippen MR) is 94.6 cm³/mol. The van der Waals surface area contributed by atoms with Crippen molar-refractivity contribution >= 4 is 0 Å². The molecule has 0 aliphatic rings. The zero-order chi connectivity index (χ0) is 16.2. The second kappa shape index (κ2) is 6.69. The minimum absolute atomic E-state index is 0.685. The Morgan fingerprint density at radius 3 is 2.43 bits per heavy atom. The summed E-state index contributed by atoms with van der Waals surface area (Å²) in [7, 11) is 1.98. The van der Waals surface area contributed by atoms with E-state index in [9.17, 15) is 0 Å². The van der Waals surface area contributed by atoms with Crippen molar-refractivity contribution in [3.63, 3.8) is 0 Å². The van der Waals surface area contributed by atoms with Crippen LogP contribution in [0.1, 0.15) is 18.9 Å². The molecular formula is C20H22N2O. The third-order valence-electron chi connectivity index (χ3n) is 3.79. The number of benzene rings is 2. The molecule has 0 bridgehead atoms. The van der Waals surface area contributed by atoms with Crippen molar-refractivity contribution < 1.29 is 4.74 Å². The topological polar surface area (TPSA) is 27.1 Å². The molecule has 0 N–H and O–H groups in total. The minimum atomic E-state index is 0.685. The van der Waals surface area contributed by atoms with E-state index in [-0.39, 0.29) is 0 Å². The van der Waals surface area contributed by atoms with Crippen LogP contribution in [-0.2, 0) is 7.05 Å². The highest BCUT2D eigenvalue weighted by Gasteiger charge is 2.20. The van der Waals surface area contributed by atoms with Crippen LogP contribution in [0.25, 0.3) is 22.5 Å². The molecule has 0 radical (unpaired) electrons. The Bertz CT molecular complexity index is 791. The third-order valence-corrected chi connectivity index (χ3v) is 3.79. The van der Waals surface area contributed by atoms with Crippen molar-refractivity contribution in [1.82, 2.24) is 9.78 Å². The maximum atomic E-state index is 6.10. The third kappa shape index (κ3) is 3.14. The van der Waals surface area contributed by atoms with Gasteiger partial charge in [-0.1, -0.05) is 61.0 Å². The fourth-order valence-corrected chi connectivity index (χ4v) is 2.74. The van der Waals surface area contributed by atoms with Crippen molar-refractivity contribution in [1.29, 1.82) is 0 Å². The van der Waals surface area contributed by atoms with Gasteiger partial charge < -0.3 is 4.74 Å². The molecule has 0 saturated heterocycles. The predicted octanol–water partition coefficient (Wildman–Crippen LogP) is 4.85. The quantitative estimate of drug-likeness (QED) is 0.673. The summed E-state index contributed by atoms with van der Waals surface area (Å²) < 4.78 is 8.02. The number of nitrogens with zero attached hydrogens (tertiary/aromatic N) is 2. The van der Waals surface area contributed by atoms with Crippen molar-refractivity contribution in [2.24, 2.45) is 7.05 Å². The molecule has 0 aliphatic carbocycles.